The summed E-state index contributed by atoms with van der Waals surface area (Å²) in [6.07, 6.45) is 3.57. The van der Waals surface area contributed by atoms with Gasteiger partial charge < -0.3 is 69.0 Å². The summed E-state index contributed by atoms with van der Waals surface area (Å²) in [5.74, 6) is 1.82. The predicted octanol–water partition coefficient (Wildman–Crippen LogP) is -2.88. The maximum Gasteiger partial charge on any atom is 1.00 e. The summed E-state index contributed by atoms with van der Waals surface area (Å²) in [4.78, 5) is 27.0. The van der Waals surface area contributed by atoms with E-state index in [1.165, 1.54) is 12.1 Å². The van der Waals surface area contributed by atoms with E-state index in [1.807, 2.05) is 39.8 Å². The third-order valence-electron chi connectivity index (χ3n) is 9.26. The number of methoxy groups -OCH3 is 4. The molecule has 0 amide bonds. The largest absolute Gasteiger partial charge is 1.00 e. The third kappa shape index (κ3) is 29.6. The Morgan fingerprint density at radius 1 is 0.581 bits per heavy atom. The summed E-state index contributed by atoms with van der Waals surface area (Å²) in [7, 11) is -1.60. The Morgan fingerprint density at radius 2 is 0.973 bits per heavy atom. The second-order valence-electron chi connectivity index (χ2n) is 15.9. The predicted molar refractivity (Wildman–Crippen MR) is 267 cm³/mol. The van der Waals surface area contributed by atoms with Gasteiger partial charge in [0.25, 0.3) is 0 Å². The van der Waals surface area contributed by atoms with Crippen LogP contribution in [0.2, 0.25) is 0 Å². The number of hydrogen-bond donors (Lipinski definition) is 5. The van der Waals surface area contributed by atoms with Gasteiger partial charge in [0.2, 0.25) is 29.7 Å². The van der Waals surface area contributed by atoms with Crippen LogP contribution in [-0.4, -0.2) is 187 Å². The van der Waals surface area contributed by atoms with E-state index in [9.17, 15) is 13.0 Å². The Bertz CT molecular complexity index is 2380. The quantitative estimate of drug-likeness (QED) is 0.0102. The van der Waals surface area contributed by atoms with Gasteiger partial charge in [-0.25, -0.2) is 8.42 Å². The van der Waals surface area contributed by atoms with Crippen molar-refractivity contribution < 1.29 is 123 Å². The minimum absolute atomic E-state index is 0. The summed E-state index contributed by atoms with van der Waals surface area (Å²) in [5, 5.41) is 16.0. The van der Waals surface area contributed by atoms with Gasteiger partial charge in [0.1, 0.15) is 15.9 Å². The van der Waals surface area contributed by atoms with Crippen LogP contribution in [0.1, 0.15) is 50.2 Å². The molecule has 4 atom stereocenters. The molecule has 4 rings (SSSR count). The molecule has 29 heteroatoms. The molecule has 0 fully saturated rings. The van der Waals surface area contributed by atoms with Crippen molar-refractivity contribution in [1.29, 1.82) is 0 Å². The molecule has 0 aliphatic rings. The minimum Gasteiger partial charge on any atom is -0.744 e. The molecular formula is C45H67N11Na2O14S2. The SMILES string of the molecule is COCCOCC(C)Nc1nc(Cc2c[c-]c(/C=C/c3ccc(Nc4nc(NC(C)COCCOC)nc(NC(C)COCCOC)n4)cc3S(=O)(=O)[O-])cc2)nc(NC(C)COCCOC)n1.O=S(=O)=O.[Na+].[Na+]. The van der Waals surface area contributed by atoms with Crippen molar-refractivity contribution in [2.24, 2.45) is 0 Å². The van der Waals surface area contributed by atoms with Gasteiger partial charge in [-0.05, 0) is 51.8 Å². The standard InChI is InChI=1S/C45H68N11O11S.2Na.O3S/c1-31(27-64-21-17-60-5)46-41-51-40(52-42(53-41)47-32(2)28-65-22-18-61-6)25-36-11-9-35(10-12-36)13-14-37-15-16-38(26-39(37)68(57,58)59)50-45-55-43(48-33(3)29-66-23-19-62-7)54-44(56-45)49-34(4)30-67-24-20-63-8;;;1-4(2)3/h9,11-16,26,31-34H,17-25,27-30H2,1-8H3,(H,57,58,59)(H2,46,47,51,52,53)(H3,48,49,50,54,55,56);;;/q-1;2*+1;/p-1/b14-13+;;;. The fraction of sp³-hybridized carbons (Fsp3) is 0.556. The first-order chi connectivity index (χ1) is 34.5. The van der Waals surface area contributed by atoms with Crippen molar-refractivity contribution in [1.82, 2.24) is 29.9 Å². The normalized spacial score (nSPS) is 12.8. The van der Waals surface area contributed by atoms with E-state index in [0.717, 1.165) is 5.56 Å². The molecule has 0 bridgehead atoms. The summed E-state index contributed by atoms with van der Waals surface area (Å²) >= 11 is 0. The first-order valence-electron chi connectivity index (χ1n) is 22.7. The van der Waals surface area contributed by atoms with Gasteiger partial charge >= 0.3 is 69.7 Å². The van der Waals surface area contributed by atoms with Crippen LogP contribution in [0.4, 0.5) is 35.4 Å². The molecule has 0 saturated carbocycles. The molecule has 4 unspecified atom stereocenters. The maximum atomic E-state index is 12.6. The van der Waals surface area contributed by atoms with Crippen LogP contribution < -0.4 is 85.7 Å². The molecule has 2 aromatic carbocycles. The topological polar surface area (TPSA) is 320 Å². The van der Waals surface area contributed by atoms with Gasteiger partial charge in [0.05, 0.1) is 84.2 Å². The molecule has 2 heterocycles. The number of anilines is 6. The van der Waals surface area contributed by atoms with Gasteiger partial charge in [0.15, 0.2) is 0 Å². The van der Waals surface area contributed by atoms with Crippen LogP contribution in [0.5, 0.6) is 0 Å². The number of nitrogens with zero attached hydrogens (tertiary/aromatic N) is 6. The summed E-state index contributed by atoms with van der Waals surface area (Å²) in [6, 6.07) is 12.5. The average molecular weight is 1100 g/mol. The fourth-order valence-corrected chi connectivity index (χ4v) is 6.68. The number of ether oxygens (including phenoxy) is 8. The van der Waals surface area contributed by atoms with Crippen molar-refractivity contribution in [2.45, 2.75) is 63.2 Å². The van der Waals surface area contributed by atoms with Crippen LogP contribution >= 0.6 is 0 Å². The second-order valence-corrected chi connectivity index (χ2v) is 17.6. The first-order valence-corrected chi connectivity index (χ1v) is 25.1. The molecule has 74 heavy (non-hydrogen) atoms. The number of hydrogen-bond acceptors (Lipinski definition) is 25. The van der Waals surface area contributed by atoms with Gasteiger partial charge in [-0.3, -0.25) is 0 Å². The maximum absolute atomic E-state index is 12.6. The van der Waals surface area contributed by atoms with Crippen molar-refractivity contribution >= 4 is 68.3 Å². The first kappa shape index (κ1) is 68.4. The van der Waals surface area contributed by atoms with Crippen LogP contribution in [0.3, 0.4) is 0 Å². The molecular weight excluding hydrogens is 1030 g/mol. The van der Waals surface area contributed by atoms with Crippen LogP contribution in [-0.2, 0) is 65.0 Å². The molecule has 0 aliphatic heterocycles. The Labute approximate surface area is 479 Å². The molecule has 400 valence electrons. The van der Waals surface area contributed by atoms with Crippen LogP contribution in [0, 0.1) is 6.07 Å². The van der Waals surface area contributed by atoms with E-state index >= 15 is 0 Å². The summed E-state index contributed by atoms with van der Waals surface area (Å²) in [5.41, 5.74) is 1.93. The molecule has 0 saturated heterocycles. The van der Waals surface area contributed by atoms with Gasteiger partial charge in [-0.1, -0.05) is 12.1 Å². The zero-order valence-corrected chi connectivity index (χ0v) is 49.5. The van der Waals surface area contributed by atoms with Gasteiger partial charge in [-0.2, -0.15) is 35.5 Å². The molecule has 0 aliphatic carbocycles. The fourth-order valence-electron chi connectivity index (χ4n) is 5.99. The van der Waals surface area contributed by atoms with Crippen molar-refractivity contribution in [2.75, 3.05) is 134 Å². The zero-order valence-electron chi connectivity index (χ0n) is 43.8. The van der Waals surface area contributed by atoms with Crippen LogP contribution in [0.15, 0.2) is 41.3 Å². The summed E-state index contributed by atoms with van der Waals surface area (Å²) < 4.78 is 106. The monoisotopic (exact) mass is 1100 g/mol. The average Bonchev–Trinajstić information content (AvgIpc) is 3.31. The van der Waals surface area contributed by atoms with E-state index in [4.69, 9.17) is 50.5 Å². The molecule has 0 spiro atoms. The zero-order chi connectivity index (χ0) is 52.7. The van der Waals surface area contributed by atoms with Gasteiger partial charge in [-0.15, -0.1) is 48.5 Å². The van der Waals surface area contributed by atoms with Crippen molar-refractivity contribution in [3.05, 3.63) is 65.0 Å². The molecule has 2 aromatic heterocycles. The minimum atomic E-state index is -4.93. The van der Waals surface area contributed by atoms with Gasteiger partial charge in [0, 0.05) is 58.3 Å². The van der Waals surface area contributed by atoms with Crippen molar-refractivity contribution in [3.63, 3.8) is 0 Å². The third-order valence-corrected chi connectivity index (χ3v) is 10.2. The summed E-state index contributed by atoms with van der Waals surface area (Å²) in [6.45, 7) is 12.9. The molecule has 4 aromatic rings. The van der Waals surface area contributed by atoms with Crippen molar-refractivity contribution in [3.8, 4) is 0 Å². The Kier molecular flexibility index (Phi) is 35.9. The van der Waals surface area contributed by atoms with E-state index in [1.54, 1.807) is 52.7 Å². The van der Waals surface area contributed by atoms with E-state index in [2.05, 4.69) is 62.6 Å². The Morgan fingerprint density at radius 3 is 1.34 bits per heavy atom. The Hall–Kier alpha value is -3.59. The van der Waals surface area contributed by atoms with E-state index in [-0.39, 0.29) is 112 Å². The number of nitrogens with one attached hydrogen (secondary N) is 5. The number of rotatable bonds is 35. The Balaban J connectivity index is 0.00000439. The smallest absolute Gasteiger partial charge is 0.744 e. The van der Waals surface area contributed by atoms with Crippen LogP contribution in [0.25, 0.3) is 12.2 Å². The number of aromatic nitrogens is 6. The second kappa shape index (κ2) is 38.9. The molecule has 0 radical (unpaired) electrons. The molecule has 5 N–H and O–H groups in total. The number of benzene rings is 2. The van der Waals surface area contributed by atoms with E-state index in [0.29, 0.717) is 109 Å². The molecule has 25 nitrogen and oxygen atoms in total. The van der Waals surface area contributed by atoms with E-state index < -0.39 is 25.6 Å².